The van der Waals surface area contributed by atoms with Crippen LogP contribution in [0.1, 0.15) is 44.9 Å². The largest absolute Gasteiger partial charge is 0.384 e. The summed E-state index contributed by atoms with van der Waals surface area (Å²) in [6.45, 7) is 3.34. The zero-order valence-corrected chi connectivity index (χ0v) is 11.2. The first kappa shape index (κ1) is 13.3. The molecule has 0 spiro atoms. The highest BCUT2D eigenvalue weighted by atomic mass is 16.5. The van der Waals surface area contributed by atoms with Gasteiger partial charge in [0.2, 0.25) is 0 Å². The molecule has 3 unspecified atom stereocenters. The van der Waals surface area contributed by atoms with Crippen LogP contribution in [0.15, 0.2) is 0 Å². The predicted octanol–water partition coefficient (Wildman–Crippen LogP) is 2.00. The Balaban J connectivity index is 1.86. The van der Waals surface area contributed by atoms with Crippen LogP contribution in [0.5, 0.6) is 0 Å². The van der Waals surface area contributed by atoms with Crippen molar-refractivity contribution in [2.24, 2.45) is 11.7 Å². The summed E-state index contributed by atoms with van der Waals surface area (Å²) in [6.07, 6.45) is 9.29. The summed E-state index contributed by atoms with van der Waals surface area (Å²) >= 11 is 0. The minimum Gasteiger partial charge on any atom is -0.384 e. The Morgan fingerprint density at radius 3 is 2.65 bits per heavy atom. The Morgan fingerprint density at radius 2 is 1.88 bits per heavy atom. The van der Waals surface area contributed by atoms with Crippen molar-refractivity contribution < 1.29 is 4.74 Å². The van der Waals surface area contributed by atoms with E-state index in [1.807, 2.05) is 7.11 Å². The highest BCUT2D eigenvalue weighted by Crippen LogP contribution is 2.26. The van der Waals surface area contributed by atoms with Gasteiger partial charge in [-0.3, -0.25) is 4.90 Å². The van der Waals surface area contributed by atoms with Gasteiger partial charge in [0, 0.05) is 25.7 Å². The van der Waals surface area contributed by atoms with Gasteiger partial charge >= 0.3 is 0 Å². The number of methoxy groups -OCH3 is 1. The molecule has 2 rings (SSSR count). The summed E-state index contributed by atoms with van der Waals surface area (Å²) in [6, 6.07) is 1.04. The van der Waals surface area contributed by atoms with E-state index in [0.29, 0.717) is 12.1 Å². The van der Waals surface area contributed by atoms with Crippen LogP contribution >= 0.6 is 0 Å². The molecule has 1 heterocycles. The van der Waals surface area contributed by atoms with Gasteiger partial charge in [-0.15, -0.1) is 0 Å². The van der Waals surface area contributed by atoms with E-state index in [4.69, 9.17) is 10.5 Å². The molecular weight excluding hydrogens is 212 g/mol. The van der Waals surface area contributed by atoms with Gasteiger partial charge in [0.05, 0.1) is 6.61 Å². The van der Waals surface area contributed by atoms with E-state index in [1.165, 1.54) is 58.0 Å². The van der Waals surface area contributed by atoms with Gasteiger partial charge in [-0.05, 0) is 31.7 Å². The molecule has 1 aliphatic heterocycles. The molecule has 2 aliphatic rings. The third-order valence-corrected chi connectivity index (χ3v) is 4.47. The van der Waals surface area contributed by atoms with Crippen molar-refractivity contribution in [3.05, 3.63) is 0 Å². The third-order valence-electron chi connectivity index (χ3n) is 4.47. The number of nitrogens with zero attached hydrogens (tertiary/aromatic N) is 1. The number of hydrogen-bond donors (Lipinski definition) is 1. The van der Waals surface area contributed by atoms with Crippen LogP contribution in [-0.2, 0) is 4.74 Å². The maximum Gasteiger partial charge on any atom is 0.0503 e. The Kier molecular flexibility index (Phi) is 5.26. The molecule has 100 valence electrons. The molecule has 0 amide bonds. The van der Waals surface area contributed by atoms with E-state index in [9.17, 15) is 0 Å². The van der Waals surface area contributed by atoms with E-state index in [1.54, 1.807) is 0 Å². The summed E-state index contributed by atoms with van der Waals surface area (Å²) in [5.41, 5.74) is 6.37. The van der Waals surface area contributed by atoms with Crippen molar-refractivity contribution in [3.8, 4) is 0 Å². The zero-order chi connectivity index (χ0) is 12.1. The van der Waals surface area contributed by atoms with Crippen molar-refractivity contribution in [2.45, 2.75) is 57.0 Å². The normalized spacial score (nSPS) is 36.7. The Bertz CT molecular complexity index is 222. The molecule has 1 aliphatic carbocycles. The molecule has 0 aromatic heterocycles. The standard InChI is InChI=1S/C14H28N2O/c1-17-11-12-8-9-16(10-12)14-7-5-3-2-4-6-13(14)15/h12-14H,2-11,15H2,1H3. The van der Waals surface area contributed by atoms with E-state index >= 15 is 0 Å². The molecule has 1 saturated carbocycles. The summed E-state index contributed by atoms with van der Waals surface area (Å²) in [5, 5.41) is 0. The molecule has 0 aromatic carbocycles. The number of rotatable bonds is 3. The van der Waals surface area contributed by atoms with Gasteiger partial charge in [-0.1, -0.05) is 25.7 Å². The van der Waals surface area contributed by atoms with Crippen LogP contribution in [0.25, 0.3) is 0 Å². The number of hydrogen-bond acceptors (Lipinski definition) is 3. The van der Waals surface area contributed by atoms with Crippen LogP contribution in [0.3, 0.4) is 0 Å². The van der Waals surface area contributed by atoms with Gasteiger partial charge in [-0.25, -0.2) is 0 Å². The number of ether oxygens (including phenoxy) is 1. The molecule has 3 atom stereocenters. The monoisotopic (exact) mass is 240 g/mol. The first-order chi connectivity index (χ1) is 8.31. The van der Waals surface area contributed by atoms with E-state index < -0.39 is 0 Å². The van der Waals surface area contributed by atoms with Crippen LogP contribution < -0.4 is 5.73 Å². The van der Waals surface area contributed by atoms with E-state index in [2.05, 4.69) is 4.90 Å². The summed E-state index contributed by atoms with van der Waals surface area (Å²) in [7, 11) is 1.81. The van der Waals surface area contributed by atoms with Crippen molar-refractivity contribution in [1.29, 1.82) is 0 Å². The molecule has 2 N–H and O–H groups in total. The first-order valence-electron chi connectivity index (χ1n) is 7.30. The van der Waals surface area contributed by atoms with Crippen molar-refractivity contribution >= 4 is 0 Å². The average Bonchev–Trinajstić information content (AvgIpc) is 2.73. The average molecular weight is 240 g/mol. The van der Waals surface area contributed by atoms with E-state index in [-0.39, 0.29) is 0 Å². The smallest absolute Gasteiger partial charge is 0.0503 e. The highest BCUT2D eigenvalue weighted by Gasteiger charge is 2.31. The molecule has 1 saturated heterocycles. The van der Waals surface area contributed by atoms with Gasteiger partial charge < -0.3 is 10.5 Å². The topological polar surface area (TPSA) is 38.5 Å². The van der Waals surface area contributed by atoms with Gasteiger partial charge in [0.1, 0.15) is 0 Å². The quantitative estimate of drug-likeness (QED) is 0.820. The minimum absolute atomic E-state index is 0.400. The fourth-order valence-corrected chi connectivity index (χ4v) is 3.48. The molecule has 2 fully saturated rings. The van der Waals surface area contributed by atoms with Gasteiger partial charge in [0.15, 0.2) is 0 Å². The van der Waals surface area contributed by atoms with Crippen LogP contribution in [0, 0.1) is 5.92 Å². The van der Waals surface area contributed by atoms with Crippen LogP contribution in [-0.4, -0.2) is 43.8 Å². The fourth-order valence-electron chi connectivity index (χ4n) is 3.48. The lowest BCUT2D eigenvalue weighted by Crippen LogP contribution is -2.47. The van der Waals surface area contributed by atoms with Gasteiger partial charge in [0.25, 0.3) is 0 Å². The SMILES string of the molecule is COCC1CCN(C2CCCCCCC2N)C1. The number of nitrogens with two attached hydrogens (primary N) is 1. The second-order valence-electron chi connectivity index (χ2n) is 5.83. The predicted molar refractivity (Wildman–Crippen MR) is 71.0 cm³/mol. The van der Waals surface area contributed by atoms with E-state index in [0.717, 1.165) is 12.5 Å². The van der Waals surface area contributed by atoms with Crippen molar-refractivity contribution in [2.75, 3.05) is 26.8 Å². The first-order valence-corrected chi connectivity index (χ1v) is 7.30. The molecule has 0 bridgehead atoms. The molecular formula is C14H28N2O. The van der Waals surface area contributed by atoms with Gasteiger partial charge in [-0.2, -0.15) is 0 Å². The minimum atomic E-state index is 0.400. The Hall–Kier alpha value is -0.120. The third kappa shape index (κ3) is 3.67. The lowest BCUT2D eigenvalue weighted by molar-refractivity contribution is 0.136. The lowest BCUT2D eigenvalue weighted by atomic mass is 9.92. The molecule has 0 aromatic rings. The summed E-state index contributed by atoms with van der Waals surface area (Å²) in [5.74, 6) is 0.734. The lowest BCUT2D eigenvalue weighted by Gasteiger charge is -2.34. The highest BCUT2D eigenvalue weighted by molar-refractivity contribution is 4.88. The maximum absolute atomic E-state index is 6.37. The zero-order valence-electron chi connectivity index (χ0n) is 11.2. The second-order valence-corrected chi connectivity index (χ2v) is 5.83. The fraction of sp³-hybridized carbons (Fsp3) is 1.00. The maximum atomic E-state index is 6.37. The van der Waals surface area contributed by atoms with Crippen LogP contribution in [0.4, 0.5) is 0 Å². The summed E-state index contributed by atoms with van der Waals surface area (Å²) in [4.78, 5) is 2.64. The Morgan fingerprint density at radius 1 is 1.12 bits per heavy atom. The Labute approximate surface area is 106 Å². The van der Waals surface area contributed by atoms with Crippen molar-refractivity contribution in [3.63, 3.8) is 0 Å². The molecule has 0 radical (unpaired) electrons. The molecule has 3 nitrogen and oxygen atoms in total. The molecule has 3 heteroatoms. The summed E-state index contributed by atoms with van der Waals surface area (Å²) < 4.78 is 5.28. The van der Waals surface area contributed by atoms with Crippen LogP contribution in [0.2, 0.25) is 0 Å². The number of likely N-dealkylation sites (tertiary alicyclic amines) is 1. The molecule has 17 heavy (non-hydrogen) atoms. The second kappa shape index (κ2) is 6.72. The van der Waals surface area contributed by atoms with Crippen molar-refractivity contribution in [1.82, 2.24) is 4.90 Å².